The predicted molar refractivity (Wildman–Crippen MR) is 73.2 cm³/mol. The number of benzene rings is 2. The smallest absolute Gasteiger partial charge is 0.148 e. The Labute approximate surface area is 118 Å². The molecule has 0 heterocycles. The third-order valence-corrected chi connectivity index (χ3v) is 2.81. The fourth-order valence-corrected chi connectivity index (χ4v) is 1.82. The van der Waals surface area contributed by atoms with Crippen molar-refractivity contribution in [1.29, 1.82) is 5.26 Å². The van der Waals surface area contributed by atoms with Gasteiger partial charge in [0.1, 0.15) is 28.9 Å². The van der Waals surface area contributed by atoms with E-state index in [-0.39, 0.29) is 22.8 Å². The van der Waals surface area contributed by atoms with Crippen LogP contribution >= 0.6 is 0 Å². The van der Waals surface area contributed by atoms with Crippen LogP contribution in [0.25, 0.3) is 0 Å². The summed E-state index contributed by atoms with van der Waals surface area (Å²) >= 11 is -0.252. The fraction of sp³-hybridized carbons (Fsp3) is 0.0714. The van der Waals surface area contributed by atoms with Gasteiger partial charge in [-0.15, -0.1) is 0 Å². The number of hydrogen-bond donors (Lipinski definition) is 0. The van der Waals surface area contributed by atoms with Gasteiger partial charge in [-0.3, -0.25) is 0 Å². The van der Waals surface area contributed by atoms with Gasteiger partial charge in [-0.1, -0.05) is 18.2 Å². The van der Waals surface area contributed by atoms with Crippen LogP contribution in [-0.2, 0) is 22.2 Å². The van der Waals surface area contributed by atoms with Crippen molar-refractivity contribution in [2.24, 2.45) is 4.36 Å². The molecule has 20 heavy (non-hydrogen) atoms. The Bertz CT molecular complexity index is 704. The SMILES string of the molecule is N#Cc1c(F)cccc1Oc1ccc(CN=[SH-]=O)cc1. The second kappa shape index (κ2) is 6.68. The first-order valence-corrected chi connectivity index (χ1v) is 6.45. The number of hydrogen-bond acceptors (Lipinski definition) is 5. The van der Waals surface area contributed by atoms with Gasteiger partial charge in [0.05, 0.1) is 0 Å². The van der Waals surface area contributed by atoms with Crippen molar-refractivity contribution in [3.05, 3.63) is 59.4 Å². The first-order valence-electron chi connectivity index (χ1n) is 5.69. The molecule has 0 spiro atoms. The molecule has 0 N–H and O–H groups in total. The molecule has 0 radical (unpaired) electrons. The molecule has 2 aromatic carbocycles. The zero-order chi connectivity index (χ0) is 14.4. The molecule has 102 valence electrons. The van der Waals surface area contributed by atoms with E-state index in [1.807, 2.05) is 0 Å². The first kappa shape index (κ1) is 14.0. The van der Waals surface area contributed by atoms with Gasteiger partial charge in [0.15, 0.2) is 0 Å². The minimum atomic E-state index is -0.616. The summed E-state index contributed by atoms with van der Waals surface area (Å²) in [7, 11) is 0. The van der Waals surface area contributed by atoms with Gasteiger partial charge in [-0.05, 0) is 29.8 Å². The standard InChI is InChI=1S/C14H10FN2O2S/c15-13-2-1-3-14(12(13)8-16)19-11-6-4-10(5-7-11)9-17-20-18/h1-7,20H,9H2/q-1. The van der Waals surface area contributed by atoms with E-state index in [1.54, 1.807) is 30.3 Å². The molecule has 2 rings (SSSR count). The number of rotatable bonds is 4. The predicted octanol–water partition coefficient (Wildman–Crippen LogP) is 3.33. The highest BCUT2D eigenvalue weighted by molar-refractivity contribution is 7.54. The van der Waals surface area contributed by atoms with Crippen LogP contribution in [0.4, 0.5) is 4.39 Å². The van der Waals surface area contributed by atoms with Crippen LogP contribution in [0, 0.1) is 17.1 Å². The Morgan fingerprint density at radius 1 is 1.25 bits per heavy atom. The molecule has 6 heteroatoms. The highest BCUT2D eigenvalue weighted by atomic mass is 32.1. The number of nitriles is 1. The summed E-state index contributed by atoms with van der Waals surface area (Å²) in [6.07, 6.45) is 0. The summed E-state index contributed by atoms with van der Waals surface area (Å²) in [4.78, 5) is 0. The summed E-state index contributed by atoms with van der Waals surface area (Å²) in [6, 6.07) is 12.9. The van der Waals surface area contributed by atoms with Crippen molar-refractivity contribution in [1.82, 2.24) is 0 Å². The molecule has 0 saturated heterocycles. The fourth-order valence-electron chi connectivity index (χ4n) is 1.60. The first-order chi connectivity index (χ1) is 9.74. The Morgan fingerprint density at radius 3 is 2.65 bits per heavy atom. The number of halogens is 1. The van der Waals surface area contributed by atoms with Crippen molar-refractivity contribution in [2.45, 2.75) is 6.54 Å². The summed E-state index contributed by atoms with van der Waals surface area (Å²) < 4.78 is 32.8. The van der Waals surface area contributed by atoms with Crippen LogP contribution in [0.1, 0.15) is 11.1 Å². The Balaban J connectivity index is 2.21. The Morgan fingerprint density at radius 2 is 2.00 bits per heavy atom. The molecule has 0 aliphatic rings. The van der Waals surface area contributed by atoms with Crippen LogP contribution in [0.2, 0.25) is 0 Å². The quantitative estimate of drug-likeness (QED) is 0.640. The number of thiol groups is 1. The lowest BCUT2D eigenvalue weighted by atomic mass is 10.2. The van der Waals surface area contributed by atoms with E-state index in [0.717, 1.165) is 5.56 Å². The summed E-state index contributed by atoms with van der Waals surface area (Å²) in [5, 5.41) is 8.91. The molecule has 0 amide bonds. The molecule has 0 saturated carbocycles. The van der Waals surface area contributed by atoms with Gasteiger partial charge in [0, 0.05) is 6.54 Å². The van der Waals surface area contributed by atoms with Gasteiger partial charge in [0.2, 0.25) is 0 Å². The normalized spacial score (nSPS) is 9.80. The van der Waals surface area contributed by atoms with E-state index in [9.17, 15) is 8.60 Å². The maximum Gasteiger partial charge on any atom is 0.148 e. The molecule has 4 nitrogen and oxygen atoms in total. The largest absolute Gasteiger partial charge is 0.456 e. The van der Waals surface area contributed by atoms with E-state index in [2.05, 4.69) is 4.36 Å². The van der Waals surface area contributed by atoms with Crippen molar-refractivity contribution < 1.29 is 13.3 Å². The molecular weight excluding hydrogens is 279 g/mol. The molecule has 0 unspecified atom stereocenters. The minimum absolute atomic E-state index is 0.128. The zero-order valence-corrected chi connectivity index (χ0v) is 11.2. The van der Waals surface area contributed by atoms with E-state index < -0.39 is 5.82 Å². The topological polar surface area (TPSA) is 62.4 Å². The molecular formula is C14H10FN2O2S-. The minimum Gasteiger partial charge on any atom is -0.456 e. The molecule has 0 bridgehead atoms. The van der Waals surface area contributed by atoms with Gasteiger partial charge in [-0.2, -0.15) is 5.26 Å². The van der Waals surface area contributed by atoms with Gasteiger partial charge in [-0.25, -0.2) is 15.9 Å². The molecule has 0 atom stereocenters. The lowest BCUT2D eigenvalue weighted by molar-refractivity contribution is 0.474. The average molecular weight is 289 g/mol. The van der Waals surface area contributed by atoms with Crippen LogP contribution < -0.4 is 4.74 Å². The molecule has 0 aliphatic heterocycles. The van der Waals surface area contributed by atoms with Crippen LogP contribution in [0.3, 0.4) is 0 Å². The average Bonchev–Trinajstić information content (AvgIpc) is 2.47. The molecule has 0 aliphatic carbocycles. The molecule has 0 aromatic heterocycles. The van der Waals surface area contributed by atoms with Crippen LogP contribution in [-0.4, -0.2) is 0 Å². The Kier molecular flexibility index (Phi) is 4.69. The van der Waals surface area contributed by atoms with Crippen molar-refractivity contribution in [3.8, 4) is 17.6 Å². The van der Waals surface area contributed by atoms with E-state index >= 15 is 0 Å². The summed E-state index contributed by atoms with van der Waals surface area (Å²) in [5.41, 5.74) is 0.747. The van der Waals surface area contributed by atoms with Crippen LogP contribution in [0.15, 0.2) is 46.8 Å². The second-order valence-corrected chi connectivity index (χ2v) is 4.30. The van der Waals surface area contributed by atoms with Crippen LogP contribution in [0.5, 0.6) is 11.5 Å². The van der Waals surface area contributed by atoms with Crippen molar-refractivity contribution in [2.75, 3.05) is 0 Å². The maximum atomic E-state index is 13.4. The highest BCUT2D eigenvalue weighted by Gasteiger charge is 2.09. The van der Waals surface area contributed by atoms with E-state index in [4.69, 9.17) is 10.00 Å². The third-order valence-electron chi connectivity index (χ3n) is 2.55. The lowest BCUT2D eigenvalue weighted by Crippen LogP contribution is -1.91. The monoisotopic (exact) mass is 289 g/mol. The van der Waals surface area contributed by atoms with Gasteiger partial charge >= 0.3 is 0 Å². The van der Waals surface area contributed by atoms with E-state index in [0.29, 0.717) is 12.3 Å². The van der Waals surface area contributed by atoms with Crippen molar-refractivity contribution in [3.63, 3.8) is 0 Å². The second-order valence-electron chi connectivity index (χ2n) is 3.85. The third kappa shape index (κ3) is 3.33. The van der Waals surface area contributed by atoms with Crippen molar-refractivity contribution >= 4 is 11.5 Å². The number of nitrogens with zero attached hydrogens (tertiary/aromatic N) is 2. The summed E-state index contributed by atoms with van der Waals surface area (Å²) in [5.74, 6) is 0.0356. The summed E-state index contributed by atoms with van der Waals surface area (Å²) in [6.45, 7) is 0.342. The molecule has 0 fully saturated rings. The van der Waals surface area contributed by atoms with E-state index in [1.165, 1.54) is 18.2 Å². The lowest BCUT2D eigenvalue weighted by Gasteiger charge is -2.08. The number of ether oxygens (including phenoxy) is 1. The Hall–Kier alpha value is -2.39. The maximum absolute atomic E-state index is 13.4. The van der Waals surface area contributed by atoms with Gasteiger partial charge in [0.25, 0.3) is 0 Å². The highest BCUT2D eigenvalue weighted by Crippen LogP contribution is 2.26. The zero-order valence-electron chi connectivity index (χ0n) is 10.3. The van der Waals surface area contributed by atoms with Gasteiger partial charge < -0.3 is 13.3 Å². The molecule has 2 aromatic rings.